The average Bonchev–Trinajstić information content (AvgIpc) is 2.96. The third-order valence-corrected chi connectivity index (χ3v) is 5.99. The summed E-state index contributed by atoms with van der Waals surface area (Å²) in [6.45, 7) is 3.42. The van der Waals surface area contributed by atoms with E-state index in [1.165, 1.54) is 11.3 Å². The standard InChI is InChI=1S/C15H22N2O4S/c1-10-13(22-9-16-10)14(20)17-4-2-15(3-5-17)11(19)8-12(15)21-7-6-18/h9,11-12,18-19H,2-8H2,1H3/t11-,12+/m0/s1. The predicted octanol–water partition coefficient (Wildman–Crippen LogP) is 0.816. The monoisotopic (exact) mass is 326 g/mol. The van der Waals surface area contributed by atoms with Crippen LogP contribution in [-0.4, -0.2) is 64.5 Å². The third kappa shape index (κ3) is 2.56. The van der Waals surface area contributed by atoms with Gasteiger partial charge >= 0.3 is 0 Å². The molecule has 1 aliphatic carbocycles. The molecule has 6 nitrogen and oxygen atoms in total. The summed E-state index contributed by atoms with van der Waals surface area (Å²) in [4.78, 5) is 19.2. The molecule has 22 heavy (non-hydrogen) atoms. The number of carbonyl (C=O) groups is 1. The summed E-state index contributed by atoms with van der Waals surface area (Å²) in [6, 6.07) is 0. The van der Waals surface area contributed by atoms with Gasteiger partial charge < -0.3 is 19.8 Å². The molecule has 2 N–H and O–H groups in total. The first-order chi connectivity index (χ1) is 10.6. The highest BCUT2D eigenvalue weighted by atomic mass is 32.1. The minimum absolute atomic E-state index is 0.00204. The van der Waals surface area contributed by atoms with E-state index in [4.69, 9.17) is 9.84 Å². The number of likely N-dealkylation sites (tertiary alicyclic amines) is 1. The van der Waals surface area contributed by atoms with E-state index in [1.54, 1.807) is 5.51 Å². The number of piperidine rings is 1. The summed E-state index contributed by atoms with van der Waals surface area (Å²) in [6.07, 6.45) is 1.75. The first-order valence-corrected chi connectivity index (χ1v) is 8.56. The second-order valence-electron chi connectivity index (χ2n) is 6.13. The van der Waals surface area contributed by atoms with Crippen molar-refractivity contribution in [2.75, 3.05) is 26.3 Å². The van der Waals surface area contributed by atoms with Crippen LogP contribution in [0.15, 0.2) is 5.51 Å². The fraction of sp³-hybridized carbons (Fsp3) is 0.733. The Bertz CT molecular complexity index is 539. The van der Waals surface area contributed by atoms with E-state index < -0.39 is 0 Å². The molecule has 1 aromatic heterocycles. The first-order valence-electron chi connectivity index (χ1n) is 7.68. The Balaban J connectivity index is 1.62. The lowest BCUT2D eigenvalue weighted by molar-refractivity contribution is -0.211. The predicted molar refractivity (Wildman–Crippen MR) is 81.9 cm³/mol. The zero-order valence-electron chi connectivity index (χ0n) is 12.7. The molecule has 0 unspecified atom stereocenters. The highest BCUT2D eigenvalue weighted by Crippen LogP contribution is 2.51. The second-order valence-corrected chi connectivity index (χ2v) is 6.98. The summed E-state index contributed by atoms with van der Waals surface area (Å²) in [5, 5.41) is 19.1. The molecule has 0 radical (unpaired) electrons. The van der Waals surface area contributed by atoms with Gasteiger partial charge in [0.15, 0.2) is 0 Å². The smallest absolute Gasteiger partial charge is 0.265 e. The van der Waals surface area contributed by atoms with E-state index in [-0.39, 0.29) is 30.1 Å². The SMILES string of the molecule is Cc1ncsc1C(=O)N1CCC2(CC1)[C@@H](O)C[C@H]2OCCO. The maximum atomic E-state index is 12.5. The number of hydrogen-bond acceptors (Lipinski definition) is 6. The topological polar surface area (TPSA) is 82.9 Å². The molecule has 1 spiro atoms. The zero-order chi connectivity index (χ0) is 15.7. The molecule has 1 saturated heterocycles. The van der Waals surface area contributed by atoms with Gasteiger partial charge in [-0.05, 0) is 19.8 Å². The van der Waals surface area contributed by atoms with Crippen LogP contribution in [0.3, 0.4) is 0 Å². The molecule has 7 heteroatoms. The number of rotatable bonds is 4. The fourth-order valence-corrected chi connectivity index (χ4v) is 4.36. The van der Waals surface area contributed by atoms with Crippen molar-refractivity contribution in [3.63, 3.8) is 0 Å². The van der Waals surface area contributed by atoms with Crippen LogP contribution in [0.4, 0.5) is 0 Å². The molecular formula is C15H22N2O4S. The van der Waals surface area contributed by atoms with Gasteiger partial charge in [-0.2, -0.15) is 0 Å². The molecule has 0 bridgehead atoms. The lowest BCUT2D eigenvalue weighted by atomic mass is 9.58. The summed E-state index contributed by atoms with van der Waals surface area (Å²) in [5.41, 5.74) is 2.24. The summed E-state index contributed by atoms with van der Waals surface area (Å²) >= 11 is 1.38. The highest BCUT2D eigenvalue weighted by Gasteiger charge is 2.56. The lowest BCUT2D eigenvalue weighted by Gasteiger charge is -2.56. The van der Waals surface area contributed by atoms with Crippen LogP contribution < -0.4 is 0 Å². The molecule has 2 aliphatic rings. The minimum atomic E-state index is -0.362. The van der Waals surface area contributed by atoms with E-state index in [0.29, 0.717) is 31.0 Å². The molecule has 1 aliphatic heterocycles. The molecule has 122 valence electrons. The highest BCUT2D eigenvalue weighted by molar-refractivity contribution is 7.11. The van der Waals surface area contributed by atoms with Crippen molar-refractivity contribution in [1.82, 2.24) is 9.88 Å². The summed E-state index contributed by atoms with van der Waals surface area (Å²) in [7, 11) is 0. The van der Waals surface area contributed by atoms with Crippen molar-refractivity contribution in [2.45, 2.75) is 38.4 Å². The van der Waals surface area contributed by atoms with Gasteiger partial charge in [-0.3, -0.25) is 4.79 Å². The van der Waals surface area contributed by atoms with Crippen LogP contribution in [-0.2, 0) is 4.74 Å². The van der Waals surface area contributed by atoms with Crippen LogP contribution >= 0.6 is 11.3 Å². The van der Waals surface area contributed by atoms with Gasteiger partial charge in [0.25, 0.3) is 5.91 Å². The van der Waals surface area contributed by atoms with Crippen molar-refractivity contribution >= 4 is 17.2 Å². The van der Waals surface area contributed by atoms with E-state index in [9.17, 15) is 9.90 Å². The van der Waals surface area contributed by atoms with Crippen LogP contribution in [0.2, 0.25) is 0 Å². The zero-order valence-corrected chi connectivity index (χ0v) is 13.5. The van der Waals surface area contributed by atoms with Gasteiger partial charge in [-0.1, -0.05) is 0 Å². The Morgan fingerprint density at radius 1 is 1.55 bits per heavy atom. The first kappa shape index (κ1) is 15.9. The molecule has 1 saturated carbocycles. The van der Waals surface area contributed by atoms with Gasteiger partial charge in [0.1, 0.15) is 4.88 Å². The molecule has 2 fully saturated rings. The molecule has 0 aromatic carbocycles. The Morgan fingerprint density at radius 2 is 2.27 bits per heavy atom. The Morgan fingerprint density at radius 3 is 2.82 bits per heavy atom. The molecular weight excluding hydrogens is 304 g/mol. The normalized spacial score (nSPS) is 27.0. The number of nitrogens with zero attached hydrogens (tertiary/aromatic N) is 2. The van der Waals surface area contributed by atoms with Gasteiger partial charge in [0.2, 0.25) is 0 Å². The number of ether oxygens (including phenoxy) is 1. The third-order valence-electron chi connectivity index (χ3n) is 5.07. The number of aliphatic hydroxyl groups excluding tert-OH is 2. The fourth-order valence-electron chi connectivity index (χ4n) is 3.59. The average molecular weight is 326 g/mol. The van der Waals surface area contributed by atoms with Crippen molar-refractivity contribution in [3.8, 4) is 0 Å². The van der Waals surface area contributed by atoms with Gasteiger partial charge in [-0.15, -0.1) is 11.3 Å². The van der Waals surface area contributed by atoms with Crippen molar-refractivity contribution in [1.29, 1.82) is 0 Å². The largest absolute Gasteiger partial charge is 0.394 e. The van der Waals surface area contributed by atoms with E-state index in [0.717, 1.165) is 18.5 Å². The van der Waals surface area contributed by atoms with E-state index in [1.807, 2.05) is 11.8 Å². The number of thiazole rings is 1. The molecule has 2 atom stereocenters. The quantitative estimate of drug-likeness (QED) is 0.856. The summed E-state index contributed by atoms with van der Waals surface area (Å²) in [5.74, 6) is 0.0384. The Kier molecular flexibility index (Phi) is 4.49. The number of aromatic nitrogens is 1. The van der Waals surface area contributed by atoms with E-state index in [2.05, 4.69) is 4.98 Å². The van der Waals surface area contributed by atoms with Crippen molar-refractivity contribution in [2.24, 2.45) is 5.41 Å². The van der Waals surface area contributed by atoms with Gasteiger partial charge in [0.05, 0.1) is 36.6 Å². The van der Waals surface area contributed by atoms with Crippen molar-refractivity contribution < 1.29 is 19.7 Å². The molecule has 1 amide bonds. The maximum Gasteiger partial charge on any atom is 0.265 e. The van der Waals surface area contributed by atoms with Crippen LogP contribution in [0.5, 0.6) is 0 Å². The minimum Gasteiger partial charge on any atom is -0.394 e. The number of carbonyl (C=O) groups excluding carboxylic acids is 1. The number of hydrogen-bond donors (Lipinski definition) is 2. The summed E-state index contributed by atoms with van der Waals surface area (Å²) < 4.78 is 5.66. The number of aliphatic hydroxyl groups is 2. The Labute approximate surface area is 133 Å². The van der Waals surface area contributed by atoms with Crippen LogP contribution in [0.1, 0.15) is 34.6 Å². The molecule has 3 rings (SSSR count). The Hall–Kier alpha value is -1.02. The maximum absolute atomic E-state index is 12.5. The number of aryl methyl sites for hydroxylation is 1. The second kappa shape index (κ2) is 6.23. The number of amides is 1. The van der Waals surface area contributed by atoms with Crippen LogP contribution in [0.25, 0.3) is 0 Å². The van der Waals surface area contributed by atoms with Crippen molar-refractivity contribution in [3.05, 3.63) is 16.1 Å². The van der Waals surface area contributed by atoms with Gasteiger partial charge in [0, 0.05) is 24.9 Å². The van der Waals surface area contributed by atoms with Gasteiger partial charge in [-0.25, -0.2) is 4.98 Å². The molecule has 2 heterocycles. The van der Waals surface area contributed by atoms with Crippen LogP contribution in [0, 0.1) is 12.3 Å². The van der Waals surface area contributed by atoms with E-state index >= 15 is 0 Å². The lowest BCUT2D eigenvalue weighted by Crippen LogP contribution is -2.62. The molecule has 1 aromatic rings.